The van der Waals surface area contributed by atoms with E-state index in [2.05, 4.69) is 10.7 Å². The third kappa shape index (κ3) is 20.6. The summed E-state index contributed by atoms with van der Waals surface area (Å²) < 4.78 is 3.19. The molecular weight excluding hydrogens is 277 g/mol. The molecular formula is C12H28Cl2NTi. The van der Waals surface area contributed by atoms with Crippen LogP contribution in [-0.4, -0.2) is 6.54 Å². The van der Waals surface area contributed by atoms with Gasteiger partial charge < -0.3 is 0 Å². The molecule has 0 aromatic heterocycles. The second-order valence-corrected chi connectivity index (χ2v) is 4.66. The van der Waals surface area contributed by atoms with Crippen molar-refractivity contribution in [3.05, 3.63) is 0 Å². The SMILES string of the molecule is CCCCCCCCCCCC[NH][Ti].Cl.Cl. The van der Waals surface area contributed by atoms with Crippen molar-refractivity contribution in [2.24, 2.45) is 0 Å². The Labute approximate surface area is 126 Å². The van der Waals surface area contributed by atoms with Crippen LogP contribution in [0.15, 0.2) is 0 Å². The van der Waals surface area contributed by atoms with Gasteiger partial charge in [-0.25, -0.2) is 0 Å². The van der Waals surface area contributed by atoms with E-state index in [1.165, 1.54) is 70.8 Å². The normalized spacial score (nSPS) is 9.25. The molecule has 0 saturated carbocycles. The van der Waals surface area contributed by atoms with E-state index in [0.717, 1.165) is 0 Å². The van der Waals surface area contributed by atoms with Crippen molar-refractivity contribution in [1.82, 2.24) is 3.80 Å². The summed E-state index contributed by atoms with van der Waals surface area (Å²) in [7, 11) is 0. The Kier molecular flexibility index (Phi) is 30.2. The van der Waals surface area contributed by atoms with Crippen molar-refractivity contribution in [3.8, 4) is 0 Å². The zero-order valence-corrected chi connectivity index (χ0v) is 13.8. The molecule has 0 aliphatic heterocycles. The molecule has 0 aromatic carbocycles. The van der Waals surface area contributed by atoms with Crippen molar-refractivity contribution in [2.45, 2.75) is 71.1 Å². The van der Waals surface area contributed by atoms with Gasteiger partial charge in [-0.3, -0.25) is 0 Å². The fourth-order valence-corrected chi connectivity index (χ4v) is 1.98. The Hall–Kier alpha value is 1.25. The van der Waals surface area contributed by atoms with Gasteiger partial charge in [-0.1, -0.05) is 6.92 Å². The minimum Gasteiger partial charge on any atom is -0.147 e. The van der Waals surface area contributed by atoms with Gasteiger partial charge in [0.2, 0.25) is 0 Å². The van der Waals surface area contributed by atoms with Crippen LogP contribution in [0.1, 0.15) is 71.1 Å². The number of halogens is 2. The predicted octanol–water partition coefficient (Wildman–Crippen LogP) is 4.80. The van der Waals surface area contributed by atoms with E-state index in [1.807, 2.05) is 20.7 Å². The Bertz CT molecular complexity index is 93.0. The molecule has 0 spiro atoms. The average molecular weight is 305 g/mol. The van der Waals surface area contributed by atoms with E-state index >= 15 is 0 Å². The van der Waals surface area contributed by atoms with E-state index in [1.54, 1.807) is 0 Å². The Morgan fingerprint density at radius 2 is 1.06 bits per heavy atom. The molecule has 16 heavy (non-hydrogen) atoms. The number of hydrogen-bond donors (Lipinski definition) is 1. The fourth-order valence-electron chi connectivity index (χ4n) is 1.70. The minimum atomic E-state index is 0. The number of rotatable bonds is 11. The second-order valence-electron chi connectivity index (χ2n) is 4.11. The zero-order valence-electron chi connectivity index (χ0n) is 10.6. The second kappa shape index (κ2) is 21.5. The van der Waals surface area contributed by atoms with Crippen LogP contribution in [0.3, 0.4) is 0 Å². The predicted molar refractivity (Wildman–Crippen MR) is 74.3 cm³/mol. The summed E-state index contributed by atoms with van der Waals surface area (Å²) >= 11 is 2.04. The maximum Gasteiger partial charge on any atom is -0.147 e. The molecule has 0 aliphatic carbocycles. The molecule has 0 bridgehead atoms. The molecule has 0 amide bonds. The molecule has 4 heteroatoms. The van der Waals surface area contributed by atoms with Crippen LogP contribution < -0.4 is 3.80 Å². The number of unbranched alkanes of at least 4 members (excludes halogenated alkanes) is 9. The number of nitrogens with one attached hydrogen (secondary N) is 1. The summed E-state index contributed by atoms with van der Waals surface area (Å²) in [6.07, 6.45) is 14.3. The number of hydrogen-bond acceptors (Lipinski definition) is 1. The van der Waals surface area contributed by atoms with Crippen molar-refractivity contribution in [2.75, 3.05) is 6.54 Å². The Balaban J connectivity index is -0.000000845. The van der Waals surface area contributed by atoms with Gasteiger partial charge in [-0.05, 0) is 0 Å². The molecule has 0 radical (unpaired) electrons. The van der Waals surface area contributed by atoms with Crippen LogP contribution in [-0.2, 0) is 20.7 Å². The summed E-state index contributed by atoms with van der Waals surface area (Å²) in [5.74, 6) is 0. The molecule has 0 fully saturated rings. The van der Waals surface area contributed by atoms with Crippen LogP contribution in [0.25, 0.3) is 0 Å². The summed E-state index contributed by atoms with van der Waals surface area (Å²) in [4.78, 5) is 0. The van der Waals surface area contributed by atoms with Crippen LogP contribution in [0.2, 0.25) is 0 Å². The largest absolute Gasteiger partial charge is 0.147 e. The molecule has 0 aromatic rings. The summed E-state index contributed by atoms with van der Waals surface area (Å²) in [5.41, 5.74) is 0. The molecule has 0 saturated heterocycles. The molecule has 0 atom stereocenters. The minimum absolute atomic E-state index is 0. The molecule has 1 nitrogen and oxygen atoms in total. The van der Waals surface area contributed by atoms with E-state index in [9.17, 15) is 0 Å². The van der Waals surface area contributed by atoms with Gasteiger partial charge in [-0.15, -0.1) is 24.8 Å². The molecule has 0 heterocycles. The van der Waals surface area contributed by atoms with Gasteiger partial charge in [-0.2, -0.15) is 0 Å². The van der Waals surface area contributed by atoms with Gasteiger partial charge in [0.1, 0.15) is 0 Å². The van der Waals surface area contributed by atoms with Crippen LogP contribution in [0.5, 0.6) is 0 Å². The van der Waals surface area contributed by atoms with Crippen molar-refractivity contribution in [3.63, 3.8) is 0 Å². The topological polar surface area (TPSA) is 12.0 Å². The van der Waals surface area contributed by atoms with Crippen LogP contribution >= 0.6 is 24.8 Å². The van der Waals surface area contributed by atoms with Crippen LogP contribution in [0.4, 0.5) is 0 Å². The molecule has 0 unspecified atom stereocenters. The van der Waals surface area contributed by atoms with E-state index in [-0.39, 0.29) is 24.8 Å². The fraction of sp³-hybridized carbons (Fsp3) is 1.00. The van der Waals surface area contributed by atoms with E-state index < -0.39 is 0 Å². The summed E-state index contributed by atoms with van der Waals surface area (Å²) in [5, 5.41) is 0. The Morgan fingerprint density at radius 3 is 1.44 bits per heavy atom. The molecule has 0 aliphatic rings. The Morgan fingerprint density at radius 1 is 0.688 bits per heavy atom. The first-order valence-corrected chi connectivity index (χ1v) is 7.09. The quantitative estimate of drug-likeness (QED) is 0.427. The maximum atomic E-state index is 3.19. The van der Waals surface area contributed by atoms with Crippen molar-refractivity contribution < 1.29 is 20.7 Å². The first-order valence-electron chi connectivity index (χ1n) is 6.31. The van der Waals surface area contributed by atoms with Crippen LogP contribution in [0, 0.1) is 0 Å². The average Bonchev–Trinajstić information content (AvgIpc) is 2.21. The van der Waals surface area contributed by atoms with E-state index in [0.29, 0.717) is 0 Å². The molecule has 1 N–H and O–H groups in total. The third-order valence-corrected chi connectivity index (χ3v) is 3.05. The van der Waals surface area contributed by atoms with Crippen molar-refractivity contribution >= 4 is 24.8 Å². The maximum absolute atomic E-state index is 3.19. The summed E-state index contributed by atoms with van der Waals surface area (Å²) in [6, 6.07) is 0. The van der Waals surface area contributed by atoms with Gasteiger partial charge in [0, 0.05) is 0 Å². The smallest absolute Gasteiger partial charge is 0.147 e. The summed E-state index contributed by atoms with van der Waals surface area (Å²) in [6.45, 7) is 3.47. The first kappa shape index (κ1) is 22.4. The van der Waals surface area contributed by atoms with Gasteiger partial charge in [0.15, 0.2) is 0 Å². The molecule has 99 valence electrons. The first-order chi connectivity index (χ1) is 6.91. The molecule has 0 rings (SSSR count). The zero-order chi connectivity index (χ0) is 10.5. The monoisotopic (exact) mass is 304 g/mol. The van der Waals surface area contributed by atoms with Gasteiger partial charge in [0.05, 0.1) is 0 Å². The van der Waals surface area contributed by atoms with Gasteiger partial charge >= 0.3 is 95.2 Å². The van der Waals surface area contributed by atoms with Crippen molar-refractivity contribution in [1.29, 1.82) is 0 Å². The standard InChI is InChI=1S/C12H26N.2ClH.Ti/c1-2-3-4-5-6-7-8-9-10-11-12-13;;;/h13H,2-12H2,1H3;2*1H;/q-1;;;+1. The third-order valence-electron chi connectivity index (χ3n) is 2.66. The van der Waals surface area contributed by atoms with Gasteiger partial charge in [0.25, 0.3) is 0 Å². The van der Waals surface area contributed by atoms with E-state index in [4.69, 9.17) is 0 Å².